The summed E-state index contributed by atoms with van der Waals surface area (Å²) in [4.78, 5) is 25.0. The molecule has 8 nitrogen and oxygen atoms in total. The number of nitrogens with one attached hydrogen (secondary N) is 1. The number of hydrogen-bond acceptors (Lipinski definition) is 6. The van der Waals surface area contributed by atoms with E-state index in [0.717, 1.165) is 49.8 Å². The molecule has 1 aliphatic heterocycles. The minimum Gasteiger partial charge on any atom is -0.481 e. The Bertz CT molecular complexity index is 1220. The van der Waals surface area contributed by atoms with Gasteiger partial charge in [0, 0.05) is 24.2 Å². The van der Waals surface area contributed by atoms with Crippen LogP contribution in [0.3, 0.4) is 0 Å². The summed E-state index contributed by atoms with van der Waals surface area (Å²) in [6, 6.07) is 12.1. The fourth-order valence-electron chi connectivity index (χ4n) is 5.34. The Morgan fingerprint density at radius 3 is 2.24 bits per heavy atom. The van der Waals surface area contributed by atoms with Crippen molar-refractivity contribution < 1.29 is 28.2 Å². The van der Waals surface area contributed by atoms with Gasteiger partial charge in [0.1, 0.15) is 6.04 Å². The molecule has 0 spiro atoms. The number of sulfone groups is 1. The Morgan fingerprint density at radius 1 is 1.05 bits per heavy atom. The molecule has 1 aliphatic rings. The van der Waals surface area contributed by atoms with Crippen molar-refractivity contribution in [2.45, 2.75) is 83.2 Å². The summed E-state index contributed by atoms with van der Waals surface area (Å²) >= 11 is 0. The summed E-state index contributed by atoms with van der Waals surface area (Å²) in [6.07, 6.45) is 4.95. The molecule has 0 fully saturated rings. The van der Waals surface area contributed by atoms with Crippen LogP contribution >= 0.6 is 0 Å². The van der Waals surface area contributed by atoms with E-state index in [1.165, 1.54) is 0 Å². The molecule has 208 valence electrons. The van der Waals surface area contributed by atoms with Gasteiger partial charge in [0.2, 0.25) is 0 Å². The molecule has 0 saturated heterocycles. The van der Waals surface area contributed by atoms with Crippen molar-refractivity contribution in [3.8, 4) is 0 Å². The topological polar surface area (TPSA) is 124 Å². The van der Waals surface area contributed by atoms with E-state index in [1.807, 2.05) is 43.3 Å². The lowest BCUT2D eigenvalue weighted by Crippen LogP contribution is -2.38. The largest absolute Gasteiger partial charge is 0.481 e. The second kappa shape index (κ2) is 12.8. The summed E-state index contributed by atoms with van der Waals surface area (Å²) in [5.41, 5.74) is 2.60. The Labute approximate surface area is 226 Å². The molecule has 38 heavy (non-hydrogen) atoms. The SMILES string of the molecule is CCCCC1(CCCC)CN(c2ccccc2)c2cc(C)c(CNC(CC(=O)O)C(=O)O)cc2S(=O)(=O)C1. The predicted molar refractivity (Wildman–Crippen MR) is 149 cm³/mol. The molecule has 3 N–H and O–H groups in total. The highest BCUT2D eigenvalue weighted by molar-refractivity contribution is 7.91. The van der Waals surface area contributed by atoms with E-state index in [-0.39, 0.29) is 17.2 Å². The van der Waals surface area contributed by atoms with Crippen molar-refractivity contribution in [2.24, 2.45) is 5.41 Å². The second-order valence-corrected chi connectivity index (χ2v) is 12.5. The number of unbranched alkanes of at least 4 members (excludes halogenated alkanes) is 2. The molecule has 0 aromatic heterocycles. The molecule has 2 aromatic rings. The van der Waals surface area contributed by atoms with Crippen molar-refractivity contribution in [1.29, 1.82) is 0 Å². The molecule has 1 unspecified atom stereocenters. The van der Waals surface area contributed by atoms with Crippen LogP contribution in [0.25, 0.3) is 0 Å². The van der Waals surface area contributed by atoms with E-state index < -0.39 is 39.7 Å². The van der Waals surface area contributed by atoms with Gasteiger partial charge in [-0.3, -0.25) is 14.9 Å². The first-order valence-electron chi connectivity index (χ1n) is 13.4. The number of nitrogens with zero attached hydrogens (tertiary/aromatic N) is 1. The van der Waals surface area contributed by atoms with Crippen molar-refractivity contribution in [1.82, 2.24) is 5.32 Å². The standard InChI is InChI=1S/C29H40N2O6S/c1-4-6-13-29(14-7-5-2)19-31(23-11-9-8-10-12-23)25-15-21(3)22(16-26(25)38(36,37)20-29)18-30-24(28(34)35)17-27(32)33/h8-12,15-16,24,30H,4-7,13-14,17-20H2,1-3H3,(H,32,33)(H,34,35). The first-order valence-corrected chi connectivity index (χ1v) is 15.0. The number of aliphatic carboxylic acids is 2. The maximum atomic E-state index is 14.0. The third-order valence-corrected chi connectivity index (χ3v) is 9.43. The highest BCUT2D eigenvalue weighted by Crippen LogP contribution is 2.45. The zero-order valence-corrected chi connectivity index (χ0v) is 23.4. The maximum absolute atomic E-state index is 14.0. The number of fused-ring (bicyclic) bond motifs is 1. The average Bonchev–Trinajstić information content (AvgIpc) is 2.96. The predicted octanol–water partition coefficient (Wildman–Crippen LogP) is 5.30. The minimum absolute atomic E-state index is 0.0427. The van der Waals surface area contributed by atoms with Crippen LogP contribution in [0.1, 0.15) is 69.9 Å². The molecule has 0 amide bonds. The third-order valence-electron chi connectivity index (χ3n) is 7.44. The molecule has 1 heterocycles. The number of carbonyl (C=O) groups is 2. The Kier molecular flexibility index (Phi) is 9.95. The summed E-state index contributed by atoms with van der Waals surface area (Å²) in [6.45, 7) is 6.76. The highest BCUT2D eigenvalue weighted by Gasteiger charge is 2.42. The fraction of sp³-hybridized carbons (Fsp3) is 0.517. The van der Waals surface area contributed by atoms with Gasteiger partial charge in [-0.15, -0.1) is 0 Å². The van der Waals surface area contributed by atoms with Gasteiger partial charge < -0.3 is 15.1 Å². The molecular formula is C29H40N2O6S. The van der Waals surface area contributed by atoms with Crippen molar-refractivity contribution in [2.75, 3.05) is 17.2 Å². The van der Waals surface area contributed by atoms with Crippen molar-refractivity contribution in [3.63, 3.8) is 0 Å². The lowest BCUT2D eigenvalue weighted by molar-refractivity contribution is -0.146. The van der Waals surface area contributed by atoms with Gasteiger partial charge in [0.15, 0.2) is 9.84 Å². The molecule has 1 atom stereocenters. The van der Waals surface area contributed by atoms with Crippen LogP contribution in [0.15, 0.2) is 47.4 Å². The molecule has 3 rings (SSSR count). The van der Waals surface area contributed by atoms with E-state index in [1.54, 1.807) is 6.07 Å². The van der Waals surface area contributed by atoms with Crippen LogP contribution in [0.2, 0.25) is 0 Å². The van der Waals surface area contributed by atoms with Gasteiger partial charge in [-0.25, -0.2) is 8.42 Å². The lowest BCUT2D eigenvalue weighted by atomic mass is 9.79. The fourth-order valence-corrected chi connectivity index (χ4v) is 7.49. The van der Waals surface area contributed by atoms with Crippen LogP contribution in [-0.4, -0.2) is 48.9 Å². The molecule has 2 aromatic carbocycles. The minimum atomic E-state index is -3.68. The number of rotatable bonds is 13. The van der Waals surface area contributed by atoms with Gasteiger partial charge >= 0.3 is 11.9 Å². The number of anilines is 2. The molecule has 0 saturated carbocycles. The quantitative estimate of drug-likeness (QED) is 0.310. The van der Waals surface area contributed by atoms with E-state index in [9.17, 15) is 23.1 Å². The van der Waals surface area contributed by atoms with E-state index in [0.29, 0.717) is 17.8 Å². The smallest absolute Gasteiger partial charge is 0.321 e. The molecule has 0 bridgehead atoms. The van der Waals surface area contributed by atoms with Crippen LogP contribution in [0, 0.1) is 12.3 Å². The molecule has 0 radical (unpaired) electrons. The number of carboxylic acid groups (broad SMARTS) is 2. The summed E-state index contributed by atoms with van der Waals surface area (Å²) < 4.78 is 28.1. The van der Waals surface area contributed by atoms with Gasteiger partial charge in [0.05, 0.1) is 22.8 Å². The van der Waals surface area contributed by atoms with Crippen LogP contribution in [0.4, 0.5) is 11.4 Å². The van der Waals surface area contributed by atoms with Gasteiger partial charge in [0.25, 0.3) is 0 Å². The molecule has 9 heteroatoms. The number of aryl methyl sites for hydroxylation is 1. The maximum Gasteiger partial charge on any atom is 0.321 e. The van der Waals surface area contributed by atoms with Gasteiger partial charge in [-0.1, -0.05) is 57.7 Å². The molecular weight excluding hydrogens is 504 g/mol. The van der Waals surface area contributed by atoms with Crippen LogP contribution in [0.5, 0.6) is 0 Å². The highest BCUT2D eigenvalue weighted by atomic mass is 32.2. The Hall–Kier alpha value is -2.91. The summed E-state index contributed by atoms with van der Waals surface area (Å²) in [5.74, 6) is -2.43. The zero-order chi connectivity index (χ0) is 27.9. The summed E-state index contributed by atoms with van der Waals surface area (Å²) in [5, 5.41) is 21.3. The monoisotopic (exact) mass is 544 g/mol. The summed E-state index contributed by atoms with van der Waals surface area (Å²) in [7, 11) is -3.68. The number of para-hydroxylation sites is 1. The van der Waals surface area contributed by atoms with E-state index >= 15 is 0 Å². The van der Waals surface area contributed by atoms with Crippen LogP contribution < -0.4 is 10.2 Å². The van der Waals surface area contributed by atoms with Gasteiger partial charge in [-0.05, 0) is 55.2 Å². The lowest BCUT2D eigenvalue weighted by Gasteiger charge is -2.37. The van der Waals surface area contributed by atoms with Crippen molar-refractivity contribution in [3.05, 3.63) is 53.6 Å². The third kappa shape index (κ3) is 7.14. The number of hydrogen-bond donors (Lipinski definition) is 3. The second-order valence-electron chi connectivity index (χ2n) is 10.5. The first-order chi connectivity index (χ1) is 18.0. The normalized spacial score (nSPS) is 16.9. The first kappa shape index (κ1) is 29.6. The Balaban J connectivity index is 2.12. The number of carboxylic acids is 2. The number of benzene rings is 2. The van der Waals surface area contributed by atoms with Gasteiger partial charge in [-0.2, -0.15) is 0 Å². The van der Waals surface area contributed by atoms with E-state index in [2.05, 4.69) is 24.1 Å². The van der Waals surface area contributed by atoms with Crippen molar-refractivity contribution >= 4 is 33.2 Å². The zero-order valence-electron chi connectivity index (χ0n) is 22.6. The average molecular weight is 545 g/mol. The van der Waals surface area contributed by atoms with Crippen LogP contribution in [-0.2, 0) is 26.0 Å². The molecule has 0 aliphatic carbocycles. The van der Waals surface area contributed by atoms with E-state index in [4.69, 9.17) is 5.11 Å². The Morgan fingerprint density at radius 2 is 1.68 bits per heavy atom.